The Morgan fingerprint density at radius 2 is 1.68 bits per heavy atom. The molecule has 3 aromatic rings. The molecule has 0 saturated heterocycles. The van der Waals surface area contributed by atoms with Crippen LogP contribution in [0.5, 0.6) is 0 Å². The molecule has 1 nitrogen and oxygen atoms in total. The van der Waals surface area contributed by atoms with Gasteiger partial charge in [0, 0.05) is 11.1 Å². The van der Waals surface area contributed by atoms with Crippen LogP contribution in [-0.4, -0.2) is 13.1 Å². The molecule has 0 aliphatic rings. The fraction of sp³-hybridized carbons (Fsp3) is 0.235. The van der Waals surface area contributed by atoms with E-state index in [1.165, 1.54) is 21.3 Å². The van der Waals surface area contributed by atoms with Gasteiger partial charge < -0.3 is 0 Å². The van der Waals surface area contributed by atoms with E-state index in [0.717, 1.165) is 11.2 Å². The molecule has 0 atom stereocenters. The molecular weight excluding hydrogens is 246 g/mol. The molecule has 0 bridgehead atoms. The molecule has 2 aromatic carbocycles. The van der Waals surface area contributed by atoms with Crippen LogP contribution in [0.1, 0.15) is 5.69 Å². The molecule has 96 valence electrons. The number of pyridine rings is 1. The smallest absolute Gasteiger partial charge is 0.0786 e. The van der Waals surface area contributed by atoms with Crippen molar-refractivity contribution >= 4 is 34.9 Å². The van der Waals surface area contributed by atoms with Crippen molar-refractivity contribution in [3.05, 3.63) is 48.2 Å². The van der Waals surface area contributed by atoms with Gasteiger partial charge in [-0.1, -0.05) is 50.0 Å². The second-order valence-electron chi connectivity index (χ2n) is 6.24. The molecule has 1 heterocycles. The molecule has 0 aliphatic heterocycles. The number of nitrogens with zero attached hydrogens (tertiary/aromatic N) is 1. The van der Waals surface area contributed by atoms with E-state index in [4.69, 9.17) is 4.98 Å². The lowest BCUT2D eigenvalue weighted by Gasteiger charge is -2.21. The van der Waals surface area contributed by atoms with E-state index in [9.17, 15) is 0 Å². The predicted octanol–water partition coefficient (Wildman–Crippen LogP) is 4.24. The summed E-state index contributed by atoms with van der Waals surface area (Å²) in [6.45, 7) is 9.31. The summed E-state index contributed by atoms with van der Waals surface area (Å²) in [6.07, 6.45) is 0. The normalized spacial score (nSPS) is 12.2. The fourth-order valence-electron chi connectivity index (χ4n) is 2.73. The zero-order chi connectivity index (χ0) is 13.6. The van der Waals surface area contributed by atoms with Crippen molar-refractivity contribution in [3.8, 4) is 0 Å². The summed E-state index contributed by atoms with van der Waals surface area (Å²) in [7, 11) is -1.39. The molecule has 0 unspecified atom stereocenters. The van der Waals surface area contributed by atoms with Gasteiger partial charge in [-0.2, -0.15) is 0 Å². The van der Waals surface area contributed by atoms with E-state index in [2.05, 4.69) is 69.0 Å². The van der Waals surface area contributed by atoms with Crippen LogP contribution < -0.4 is 5.19 Å². The predicted molar refractivity (Wildman–Crippen MR) is 87.0 cm³/mol. The first-order valence-corrected chi connectivity index (χ1v) is 10.3. The van der Waals surface area contributed by atoms with Crippen LogP contribution in [0.2, 0.25) is 19.6 Å². The topological polar surface area (TPSA) is 12.9 Å². The third-order valence-electron chi connectivity index (χ3n) is 3.63. The molecule has 0 saturated carbocycles. The van der Waals surface area contributed by atoms with Crippen LogP contribution in [0.4, 0.5) is 0 Å². The number of aryl methyl sites for hydroxylation is 1. The zero-order valence-corrected chi connectivity index (χ0v) is 13.0. The van der Waals surface area contributed by atoms with Crippen molar-refractivity contribution < 1.29 is 0 Å². The van der Waals surface area contributed by atoms with Gasteiger partial charge in [-0.3, -0.25) is 4.98 Å². The summed E-state index contributed by atoms with van der Waals surface area (Å²) in [5, 5.41) is 5.53. The van der Waals surface area contributed by atoms with Crippen LogP contribution in [0.15, 0.2) is 42.5 Å². The first-order valence-electron chi connectivity index (χ1n) is 6.76. The van der Waals surface area contributed by atoms with Gasteiger partial charge in [0.25, 0.3) is 0 Å². The lowest BCUT2D eigenvalue weighted by molar-refractivity contribution is 1.26. The summed E-state index contributed by atoms with van der Waals surface area (Å²) in [6, 6.07) is 15.3. The Labute approximate surface area is 115 Å². The maximum atomic E-state index is 4.72. The van der Waals surface area contributed by atoms with Crippen molar-refractivity contribution in [2.75, 3.05) is 0 Å². The SMILES string of the molecule is Cc1cc([Si](C)(C)C)c2c(ccc3ccccc32)n1. The number of hydrogen-bond acceptors (Lipinski definition) is 1. The largest absolute Gasteiger partial charge is 0.253 e. The van der Waals surface area contributed by atoms with Gasteiger partial charge >= 0.3 is 0 Å². The molecule has 19 heavy (non-hydrogen) atoms. The molecule has 0 spiro atoms. The number of rotatable bonds is 1. The fourth-order valence-corrected chi connectivity index (χ4v) is 4.39. The number of aromatic nitrogens is 1. The zero-order valence-electron chi connectivity index (χ0n) is 12.0. The maximum Gasteiger partial charge on any atom is 0.0786 e. The van der Waals surface area contributed by atoms with E-state index in [1.807, 2.05) is 0 Å². The van der Waals surface area contributed by atoms with Crippen LogP contribution in [0.25, 0.3) is 21.7 Å². The first kappa shape index (κ1) is 12.4. The summed E-state index contributed by atoms with van der Waals surface area (Å²) in [5.74, 6) is 0. The Kier molecular flexibility index (Phi) is 2.71. The highest BCUT2D eigenvalue weighted by molar-refractivity contribution is 6.90. The van der Waals surface area contributed by atoms with E-state index in [1.54, 1.807) is 0 Å². The van der Waals surface area contributed by atoms with Crippen molar-refractivity contribution in [1.29, 1.82) is 0 Å². The van der Waals surface area contributed by atoms with Crippen molar-refractivity contribution in [2.24, 2.45) is 0 Å². The van der Waals surface area contributed by atoms with E-state index >= 15 is 0 Å². The summed E-state index contributed by atoms with van der Waals surface area (Å²) in [5.41, 5.74) is 2.26. The average Bonchev–Trinajstić information content (AvgIpc) is 2.36. The third-order valence-corrected chi connectivity index (χ3v) is 5.64. The highest BCUT2D eigenvalue weighted by atomic mass is 28.3. The standard InChI is InChI=1S/C17H19NSi/c1-12-11-16(19(2,3)4)17-14-8-6-5-7-13(14)9-10-15(17)18-12/h5-11H,1-4H3. The van der Waals surface area contributed by atoms with E-state index < -0.39 is 8.07 Å². The Bertz CT molecular complexity index is 769. The molecule has 0 aliphatic carbocycles. The van der Waals surface area contributed by atoms with Crippen molar-refractivity contribution in [1.82, 2.24) is 4.98 Å². The van der Waals surface area contributed by atoms with Gasteiger partial charge in [0.05, 0.1) is 13.6 Å². The van der Waals surface area contributed by atoms with Crippen LogP contribution in [0, 0.1) is 6.92 Å². The highest BCUT2D eigenvalue weighted by Crippen LogP contribution is 2.25. The van der Waals surface area contributed by atoms with Gasteiger partial charge in [-0.25, -0.2) is 0 Å². The molecule has 0 N–H and O–H groups in total. The summed E-state index contributed by atoms with van der Waals surface area (Å²) in [4.78, 5) is 4.72. The Hall–Kier alpha value is -1.67. The van der Waals surface area contributed by atoms with Gasteiger partial charge in [0.2, 0.25) is 0 Å². The van der Waals surface area contributed by atoms with E-state index in [-0.39, 0.29) is 0 Å². The molecule has 1 aromatic heterocycles. The summed E-state index contributed by atoms with van der Waals surface area (Å²) < 4.78 is 0. The van der Waals surface area contributed by atoms with Crippen LogP contribution in [0.3, 0.4) is 0 Å². The molecule has 2 heteroatoms. The van der Waals surface area contributed by atoms with Crippen LogP contribution >= 0.6 is 0 Å². The molecule has 3 rings (SSSR count). The van der Waals surface area contributed by atoms with Gasteiger partial charge in [0.1, 0.15) is 0 Å². The lowest BCUT2D eigenvalue weighted by atomic mass is 10.0. The third kappa shape index (κ3) is 2.06. The second kappa shape index (κ2) is 4.17. The minimum atomic E-state index is -1.39. The minimum Gasteiger partial charge on any atom is -0.253 e. The Morgan fingerprint density at radius 3 is 2.42 bits per heavy atom. The maximum absolute atomic E-state index is 4.72. The van der Waals surface area contributed by atoms with Crippen molar-refractivity contribution in [2.45, 2.75) is 26.6 Å². The Morgan fingerprint density at radius 1 is 0.947 bits per heavy atom. The number of hydrogen-bond donors (Lipinski definition) is 0. The minimum absolute atomic E-state index is 1.13. The lowest BCUT2D eigenvalue weighted by Crippen LogP contribution is -2.38. The molecule has 0 radical (unpaired) electrons. The number of fused-ring (bicyclic) bond motifs is 3. The number of benzene rings is 2. The quantitative estimate of drug-likeness (QED) is 0.474. The molecule has 0 amide bonds. The summed E-state index contributed by atoms with van der Waals surface area (Å²) >= 11 is 0. The second-order valence-corrected chi connectivity index (χ2v) is 11.3. The highest BCUT2D eigenvalue weighted by Gasteiger charge is 2.21. The monoisotopic (exact) mass is 265 g/mol. The van der Waals surface area contributed by atoms with Gasteiger partial charge in [0.15, 0.2) is 0 Å². The van der Waals surface area contributed by atoms with E-state index in [0.29, 0.717) is 0 Å². The molecular formula is C17H19NSi. The van der Waals surface area contributed by atoms with Gasteiger partial charge in [-0.15, -0.1) is 0 Å². The van der Waals surface area contributed by atoms with Crippen molar-refractivity contribution in [3.63, 3.8) is 0 Å². The average molecular weight is 265 g/mol. The van der Waals surface area contributed by atoms with Gasteiger partial charge in [-0.05, 0) is 35.0 Å². The van der Waals surface area contributed by atoms with Crippen LogP contribution in [-0.2, 0) is 0 Å². The first-order chi connectivity index (χ1) is 8.97. The molecule has 0 fully saturated rings. The Balaban J connectivity index is 2.56.